The van der Waals surface area contributed by atoms with E-state index in [1.807, 2.05) is 6.07 Å². The molecular weight excluding hydrogens is 202 g/mol. The molecule has 0 fully saturated rings. The summed E-state index contributed by atoms with van der Waals surface area (Å²) in [6.07, 6.45) is 3.35. The Labute approximate surface area is 93.7 Å². The molecule has 0 saturated heterocycles. The Balaban J connectivity index is 2.66. The largest absolute Gasteiger partial charge is 0.382 e. The summed E-state index contributed by atoms with van der Waals surface area (Å²) in [5.41, 5.74) is -0.815. The molecule has 0 unspecified atom stereocenters. The van der Waals surface area contributed by atoms with Gasteiger partial charge in [0.1, 0.15) is 5.60 Å². The minimum Gasteiger partial charge on any atom is -0.382 e. The van der Waals surface area contributed by atoms with E-state index in [4.69, 9.17) is 0 Å². The van der Waals surface area contributed by atoms with E-state index in [1.165, 1.54) is 13.8 Å². The van der Waals surface area contributed by atoms with Crippen molar-refractivity contribution in [1.29, 1.82) is 0 Å². The van der Waals surface area contributed by atoms with Crippen molar-refractivity contribution in [2.75, 3.05) is 0 Å². The Morgan fingerprint density at radius 1 is 1.31 bits per heavy atom. The lowest BCUT2D eigenvalue weighted by Crippen LogP contribution is -2.31. The molecule has 0 radical (unpaired) electrons. The number of benzene rings is 1. The Hall–Kier alpha value is -1.74. The maximum absolute atomic E-state index is 12.0. The summed E-state index contributed by atoms with van der Waals surface area (Å²) in [6, 6.07) is 7.20. The maximum atomic E-state index is 12.0. The molecule has 0 spiro atoms. The second-order valence-corrected chi connectivity index (χ2v) is 4.29. The maximum Gasteiger partial charge on any atom is 0.194 e. The topological polar surface area (TPSA) is 50.2 Å². The number of carbonyl (C=O) groups is 1. The molecule has 0 saturated carbocycles. The van der Waals surface area contributed by atoms with Crippen LogP contribution in [-0.4, -0.2) is 21.5 Å². The van der Waals surface area contributed by atoms with Gasteiger partial charge in [0.15, 0.2) is 5.78 Å². The third kappa shape index (κ3) is 1.82. The molecule has 0 aliphatic heterocycles. The number of hydrogen-bond donors (Lipinski definition) is 1. The fourth-order valence-electron chi connectivity index (χ4n) is 1.65. The quantitative estimate of drug-likeness (QED) is 0.781. The molecule has 1 heterocycles. The molecule has 1 N–H and O–H groups in total. The van der Waals surface area contributed by atoms with Gasteiger partial charge in [0, 0.05) is 23.3 Å². The Bertz CT molecular complexity index is 536. The van der Waals surface area contributed by atoms with E-state index in [0.717, 1.165) is 10.8 Å². The lowest BCUT2D eigenvalue weighted by molar-refractivity contribution is 0.0490. The highest BCUT2D eigenvalue weighted by Gasteiger charge is 2.26. The van der Waals surface area contributed by atoms with Crippen LogP contribution < -0.4 is 0 Å². The van der Waals surface area contributed by atoms with Crippen molar-refractivity contribution in [3.8, 4) is 0 Å². The first-order chi connectivity index (χ1) is 7.50. The van der Waals surface area contributed by atoms with E-state index in [9.17, 15) is 9.90 Å². The molecule has 2 rings (SSSR count). The molecule has 0 atom stereocenters. The third-order valence-corrected chi connectivity index (χ3v) is 2.48. The normalized spacial score (nSPS) is 11.7. The van der Waals surface area contributed by atoms with Crippen molar-refractivity contribution >= 4 is 16.6 Å². The summed E-state index contributed by atoms with van der Waals surface area (Å²) < 4.78 is 0. The number of fused-ring (bicyclic) bond motifs is 1. The van der Waals surface area contributed by atoms with E-state index in [-0.39, 0.29) is 5.78 Å². The fraction of sp³-hybridized carbons (Fsp3) is 0.231. The second-order valence-electron chi connectivity index (χ2n) is 4.29. The number of aliphatic hydroxyl groups is 1. The lowest BCUT2D eigenvalue weighted by Gasteiger charge is -2.16. The number of Topliss-reactive ketones (excluding diaryl/α,β-unsaturated/α-hetero) is 1. The van der Waals surface area contributed by atoms with Gasteiger partial charge in [0.25, 0.3) is 0 Å². The highest BCUT2D eigenvalue weighted by Crippen LogP contribution is 2.21. The molecule has 1 aromatic carbocycles. The van der Waals surface area contributed by atoms with E-state index >= 15 is 0 Å². The molecule has 16 heavy (non-hydrogen) atoms. The predicted molar refractivity (Wildman–Crippen MR) is 62.4 cm³/mol. The van der Waals surface area contributed by atoms with Gasteiger partial charge in [0.2, 0.25) is 0 Å². The van der Waals surface area contributed by atoms with Gasteiger partial charge in [-0.15, -0.1) is 0 Å². The SMILES string of the molecule is CC(C)(O)C(=O)c1cccc2cnccc12. The Kier molecular flexibility index (Phi) is 2.48. The minimum absolute atomic E-state index is 0.274. The summed E-state index contributed by atoms with van der Waals surface area (Å²) >= 11 is 0. The zero-order chi connectivity index (χ0) is 11.8. The van der Waals surface area contributed by atoms with Crippen LogP contribution in [0.1, 0.15) is 24.2 Å². The molecule has 0 aliphatic carbocycles. The van der Waals surface area contributed by atoms with Gasteiger partial charge in [-0.3, -0.25) is 9.78 Å². The van der Waals surface area contributed by atoms with E-state index in [0.29, 0.717) is 5.56 Å². The number of pyridine rings is 1. The average molecular weight is 215 g/mol. The van der Waals surface area contributed by atoms with Gasteiger partial charge in [0.05, 0.1) is 0 Å². The first-order valence-electron chi connectivity index (χ1n) is 5.10. The van der Waals surface area contributed by atoms with Crippen molar-refractivity contribution in [2.24, 2.45) is 0 Å². The van der Waals surface area contributed by atoms with Crippen LogP contribution in [0.2, 0.25) is 0 Å². The Morgan fingerprint density at radius 3 is 2.75 bits per heavy atom. The summed E-state index contributed by atoms with van der Waals surface area (Å²) in [7, 11) is 0. The van der Waals surface area contributed by atoms with E-state index in [2.05, 4.69) is 4.98 Å². The minimum atomic E-state index is -1.35. The summed E-state index contributed by atoms with van der Waals surface area (Å²) in [6.45, 7) is 2.99. The van der Waals surface area contributed by atoms with Crippen LogP contribution in [0.25, 0.3) is 10.8 Å². The number of hydrogen-bond acceptors (Lipinski definition) is 3. The lowest BCUT2D eigenvalue weighted by atomic mass is 9.93. The van der Waals surface area contributed by atoms with Crippen LogP contribution in [0.4, 0.5) is 0 Å². The van der Waals surface area contributed by atoms with Gasteiger partial charge < -0.3 is 5.11 Å². The highest BCUT2D eigenvalue weighted by atomic mass is 16.3. The van der Waals surface area contributed by atoms with Crippen molar-refractivity contribution < 1.29 is 9.90 Å². The molecular formula is C13H13NO2. The third-order valence-electron chi connectivity index (χ3n) is 2.48. The number of carbonyl (C=O) groups excluding carboxylic acids is 1. The van der Waals surface area contributed by atoms with Crippen molar-refractivity contribution in [3.63, 3.8) is 0 Å². The van der Waals surface area contributed by atoms with E-state index in [1.54, 1.807) is 30.6 Å². The van der Waals surface area contributed by atoms with Gasteiger partial charge >= 0.3 is 0 Å². The first kappa shape index (κ1) is 10.8. The van der Waals surface area contributed by atoms with Crippen molar-refractivity contribution in [2.45, 2.75) is 19.4 Å². The molecule has 0 aliphatic rings. The summed E-state index contributed by atoms with van der Waals surface area (Å²) in [5.74, 6) is -0.274. The molecule has 82 valence electrons. The molecule has 0 amide bonds. The monoisotopic (exact) mass is 215 g/mol. The van der Waals surface area contributed by atoms with Crippen LogP contribution in [-0.2, 0) is 0 Å². The zero-order valence-corrected chi connectivity index (χ0v) is 9.27. The predicted octanol–water partition coefficient (Wildman–Crippen LogP) is 2.19. The van der Waals surface area contributed by atoms with Gasteiger partial charge in [-0.05, 0) is 25.3 Å². The summed E-state index contributed by atoms with van der Waals surface area (Å²) in [4.78, 5) is 16.0. The van der Waals surface area contributed by atoms with Gasteiger partial charge in [-0.1, -0.05) is 18.2 Å². The smallest absolute Gasteiger partial charge is 0.194 e. The molecule has 3 heteroatoms. The van der Waals surface area contributed by atoms with Gasteiger partial charge in [-0.25, -0.2) is 0 Å². The van der Waals surface area contributed by atoms with Crippen molar-refractivity contribution in [1.82, 2.24) is 4.98 Å². The van der Waals surface area contributed by atoms with Gasteiger partial charge in [-0.2, -0.15) is 0 Å². The highest BCUT2D eigenvalue weighted by molar-refractivity contribution is 6.11. The molecule has 1 aromatic heterocycles. The fourth-order valence-corrected chi connectivity index (χ4v) is 1.65. The average Bonchev–Trinajstić information content (AvgIpc) is 2.26. The first-order valence-corrected chi connectivity index (χ1v) is 5.10. The van der Waals surface area contributed by atoms with Crippen LogP contribution in [0.5, 0.6) is 0 Å². The molecule has 0 bridgehead atoms. The second kappa shape index (κ2) is 3.68. The van der Waals surface area contributed by atoms with Crippen LogP contribution in [0, 0.1) is 0 Å². The van der Waals surface area contributed by atoms with Crippen LogP contribution in [0.3, 0.4) is 0 Å². The van der Waals surface area contributed by atoms with Crippen LogP contribution >= 0.6 is 0 Å². The number of ketones is 1. The van der Waals surface area contributed by atoms with Crippen LogP contribution in [0.15, 0.2) is 36.7 Å². The number of rotatable bonds is 2. The standard InChI is InChI=1S/C13H13NO2/c1-13(2,16)12(15)11-5-3-4-9-8-14-7-6-10(9)11/h3-8,16H,1-2H3. The number of aromatic nitrogens is 1. The van der Waals surface area contributed by atoms with E-state index < -0.39 is 5.60 Å². The zero-order valence-electron chi connectivity index (χ0n) is 9.27. The summed E-state index contributed by atoms with van der Waals surface area (Å²) in [5, 5.41) is 11.5. The molecule has 3 nitrogen and oxygen atoms in total. The Morgan fingerprint density at radius 2 is 2.06 bits per heavy atom. The van der Waals surface area contributed by atoms with Crippen molar-refractivity contribution in [3.05, 3.63) is 42.2 Å². The number of nitrogens with zero attached hydrogens (tertiary/aromatic N) is 1. The molecule has 2 aromatic rings.